The SMILES string of the molecule is CCOC(=O)C1=C(C)N(c2ccc(C(=O)O)cc2)C(=O)N[C@@H]1c1ccc(OC)cc1. The first-order valence-corrected chi connectivity index (χ1v) is 9.33. The maximum absolute atomic E-state index is 12.9. The molecule has 1 heterocycles. The predicted octanol–water partition coefficient (Wildman–Crippen LogP) is 3.50. The number of nitrogens with zero attached hydrogens (tertiary/aromatic N) is 1. The molecule has 0 radical (unpaired) electrons. The molecule has 2 N–H and O–H groups in total. The highest BCUT2D eigenvalue weighted by Crippen LogP contribution is 2.34. The number of hydrogen-bond donors (Lipinski definition) is 2. The number of rotatable bonds is 6. The molecule has 1 aliphatic heterocycles. The van der Waals surface area contributed by atoms with Gasteiger partial charge < -0.3 is 19.9 Å². The number of amides is 2. The van der Waals surface area contributed by atoms with Crippen LogP contribution in [0.4, 0.5) is 10.5 Å². The molecule has 8 heteroatoms. The lowest BCUT2D eigenvalue weighted by Crippen LogP contribution is -2.48. The molecule has 2 aromatic rings. The van der Waals surface area contributed by atoms with Crippen LogP contribution in [0.1, 0.15) is 35.8 Å². The molecule has 0 aliphatic carbocycles. The van der Waals surface area contributed by atoms with E-state index < -0.39 is 24.0 Å². The van der Waals surface area contributed by atoms with Crippen molar-refractivity contribution in [2.75, 3.05) is 18.6 Å². The summed E-state index contributed by atoms with van der Waals surface area (Å²) < 4.78 is 10.4. The zero-order valence-electron chi connectivity index (χ0n) is 16.8. The zero-order chi connectivity index (χ0) is 21.8. The minimum Gasteiger partial charge on any atom is -0.497 e. The van der Waals surface area contributed by atoms with Gasteiger partial charge in [0.05, 0.1) is 36.6 Å². The molecule has 156 valence electrons. The van der Waals surface area contributed by atoms with Gasteiger partial charge in [0.25, 0.3) is 0 Å². The lowest BCUT2D eigenvalue weighted by Gasteiger charge is -2.35. The van der Waals surface area contributed by atoms with Gasteiger partial charge in [0.15, 0.2) is 0 Å². The minimum absolute atomic E-state index is 0.0968. The Morgan fingerprint density at radius 2 is 1.73 bits per heavy atom. The summed E-state index contributed by atoms with van der Waals surface area (Å²) in [4.78, 5) is 38.2. The number of aromatic carboxylic acids is 1. The average Bonchev–Trinajstić information content (AvgIpc) is 2.74. The van der Waals surface area contributed by atoms with E-state index in [-0.39, 0.29) is 12.2 Å². The van der Waals surface area contributed by atoms with Crippen molar-refractivity contribution >= 4 is 23.7 Å². The molecule has 30 heavy (non-hydrogen) atoms. The van der Waals surface area contributed by atoms with Gasteiger partial charge >= 0.3 is 18.0 Å². The summed E-state index contributed by atoms with van der Waals surface area (Å²) in [5, 5.41) is 11.9. The van der Waals surface area contributed by atoms with Crippen LogP contribution in [-0.4, -0.2) is 36.8 Å². The van der Waals surface area contributed by atoms with Gasteiger partial charge in [-0.2, -0.15) is 0 Å². The molecule has 0 spiro atoms. The number of allylic oxidation sites excluding steroid dienone is 1. The molecule has 2 aromatic carbocycles. The highest BCUT2D eigenvalue weighted by atomic mass is 16.5. The van der Waals surface area contributed by atoms with Crippen LogP contribution in [0.5, 0.6) is 5.75 Å². The molecule has 1 aliphatic rings. The molecular formula is C22H22N2O6. The first-order valence-electron chi connectivity index (χ1n) is 9.33. The Hall–Kier alpha value is -3.81. The Morgan fingerprint density at radius 3 is 2.27 bits per heavy atom. The average molecular weight is 410 g/mol. The lowest BCUT2D eigenvalue weighted by atomic mass is 9.94. The predicted molar refractivity (Wildman–Crippen MR) is 109 cm³/mol. The fourth-order valence-electron chi connectivity index (χ4n) is 3.33. The summed E-state index contributed by atoms with van der Waals surface area (Å²) in [5.41, 5.74) is 1.93. The molecule has 0 saturated heterocycles. The molecule has 0 unspecified atom stereocenters. The van der Waals surface area contributed by atoms with Gasteiger partial charge in [-0.3, -0.25) is 4.90 Å². The Bertz CT molecular complexity index is 995. The minimum atomic E-state index is -1.07. The number of carbonyl (C=O) groups is 3. The van der Waals surface area contributed by atoms with Crippen molar-refractivity contribution in [2.45, 2.75) is 19.9 Å². The molecule has 0 fully saturated rings. The van der Waals surface area contributed by atoms with Crippen LogP contribution < -0.4 is 15.0 Å². The second-order valence-corrected chi connectivity index (χ2v) is 6.56. The van der Waals surface area contributed by atoms with Gasteiger partial charge in [0.2, 0.25) is 0 Å². The molecule has 2 amide bonds. The maximum atomic E-state index is 12.9. The third-order valence-corrected chi connectivity index (χ3v) is 4.80. The molecule has 0 bridgehead atoms. The standard InChI is InChI=1S/C22H22N2O6/c1-4-30-21(27)18-13(2)24(16-9-5-15(6-10-16)20(25)26)22(28)23-19(18)14-7-11-17(29-3)12-8-14/h5-12,19H,4H2,1-3H3,(H,23,28)(H,25,26)/t19-/m1/s1. The van der Waals surface area contributed by atoms with Gasteiger partial charge in [0.1, 0.15) is 5.75 Å². The third-order valence-electron chi connectivity index (χ3n) is 4.80. The summed E-state index contributed by atoms with van der Waals surface area (Å²) in [6.45, 7) is 3.55. The van der Waals surface area contributed by atoms with E-state index in [4.69, 9.17) is 14.6 Å². The van der Waals surface area contributed by atoms with Gasteiger partial charge in [-0.15, -0.1) is 0 Å². The van der Waals surface area contributed by atoms with E-state index in [1.54, 1.807) is 45.2 Å². The number of urea groups is 1. The second kappa shape index (κ2) is 8.69. The van der Waals surface area contributed by atoms with Crippen molar-refractivity contribution < 1.29 is 29.0 Å². The van der Waals surface area contributed by atoms with Crippen LogP contribution in [0.2, 0.25) is 0 Å². The van der Waals surface area contributed by atoms with E-state index in [1.165, 1.54) is 29.2 Å². The van der Waals surface area contributed by atoms with E-state index in [0.29, 0.717) is 28.3 Å². The Kier molecular flexibility index (Phi) is 6.06. The summed E-state index contributed by atoms with van der Waals surface area (Å²) in [6.07, 6.45) is 0. The van der Waals surface area contributed by atoms with Crippen LogP contribution in [0.3, 0.4) is 0 Å². The van der Waals surface area contributed by atoms with Crippen LogP contribution >= 0.6 is 0 Å². The lowest BCUT2D eigenvalue weighted by molar-refractivity contribution is -0.139. The number of nitrogens with one attached hydrogen (secondary N) is 1. The number of hydrogen-bond acceptors (Lipinski definition) is 5. The van der Waals surface area contributed by atoms with Crippen molar-refractivity contribution in [3.8, 4) is 5.75 Å². The molecule has 1 atom stereocenters. The van der Waals surface area contributed by atoms with E-state index in [9.17, 15) is 14.4 Å². The number of benzene rings is 2. The molecule has 0 saturated carbocycles. The Labute approximate surface area is 173 Å². The van der Waals surface area contributed by atoms with Crippen LogP contribution in [0.15, 0.2) is 59.8 Å². The van der Waals surface area contributed by atoms with E-state index >= 15 is 0 Å². The van der Waals surface area contributed by atoms with Crippen LogP contribution in [0.25, 0.3) is 0 Å². The van der Waals surface area contributed by atoms with Crippen molar-refractivity contribution in [1.29, 1.82) is 0 Å². The summed E-state index contributed by atoms with van der Waals surface area (Å²) >= 11 is 0. The number of carbonyl (C=O) groups excluding carboxylic acids is 2. The number of carboxylic acid groups (broad SMARTS) is 1. The Balaban J connectivity index is 2.07. The highest BCUT2D eigenvalue weighted by molar-refractivity contribution is 6.03. The van der Waals surface area contributed by atoms with Gasteiger partial charge in [-0.25, -0.2) is 14.4 Å². The van der Waals surface area contributed by atoms with Crippen molar-refractivity contribution in [1.82, 2.24) is 5.32 Å². The Morgan fingerprint density at radius 1 is 1.10 bits per heavy atom. The van der Waals surface area contributed by atoms with E-state index in [2.05, 4.69) is 5.32 Å². The highest BCUT2D eigenvalue weighted by Gasteiger charge is 2.37. The van der Waals surface area contributed by atoms with Gasteiger partial charge in [-0.05, 0) is 55.8 Å². The van der Waals surface area contributed by atoms with E-state index in [0.717, 1.165) is 0 Å². The van der Waals surface area contributed by atoms with Crippen molar-refractivity contribution in [3.63, 3.8) is 0 Å². The first-order chi connectivity index (χ1) is 14.4. The number of ether oxygens (including phenoxy) is 2. The summed E-state index contributed by atoms with van der Waals surface area (Å²) in [5.74, 6) is -0.953. The fourth-order valence-corrected chi connectivity index (χ4v) is 3.33. The van der Waals surface area contributed by atoms with Gasteiger partial charge in [-0.1, -0.05) is 12.1 Å². The largest absolute Gasteiger partial charge is 0.497 e. The first kappa shape index (κ1) is 20.9. The quantitative estimate of drug-likeness (QED) is 0.706. The van der Waals surface area contributed by atoms with Crippen LogP contribution in [0, 0.1) is 0 Å². The zero-order valence-corrected chi connectivity index (χ0v) is 16.8. The molecule has 0 aromatic heterocycles. The third kappa shape index (κ3) is 3.98. The maximum Gasteiger partial charge on any atom is 0.338 e. The number of methoxy groups -OCH3 is 1. The normalized spacial score (nSPS) is 16.2. The smallest absolute Gasteiger partial charge is 0.338 e. The second-order valence-electron chi connectivity index (χ2n) is 6.56. The molecular weight excluding hydrogens is 388 g/mol. The van der Waals surface area contributed by atoms with Crippen LogP contribution in [-0.2, 0) is 9.53 Å². The monoisotopic (exact) mass is 410 g/mol. The van der Waals surface area contributed by atoms with E-state index in [1.807, 2.05) is 0 Å². The number of esters is 1. The molecule has 3 rings (SSSR count). The molecule has 8 nitrogen and oxygen atoms in total. The number of carboxylic acids is 1. The fraction of sp³-hybridized carbons (Fsp3) is 0.227. The van der Waals surface area contributed by atoms with Crippen molar-refractivity contribution in [3.05, 3.63) is 70.9 Å². The van der Waals surface area contributed by atoms with Gasteiger partial charge in [0, 0.05) is 5.70 Å². The summed E-state index contributed by atoms with van der Waals surface area (Å²) in [7, 11) is 1.55. The van der Waals surface area contributed by atoms with Crippen molar-refractivity contribution in [2.24, 2.45) is 0 Å². The topological polar surface area (TPSA) is 105 Å². The summed E-state index contributed by atoms with van der Waals surface area (Å²) in [6, 6.07) is 11.7. The number of anilines is 1.